The lowest BCUT2D eigenvalue weighted by Crippen LogP contribution is -2.48. The molecule has 1 atom stereocenters. The summed E-state index contributed by atoms with van der Waals surface area (Å²) in [4.78, 5) is 16.3. The first-order chi connectivity index (χ1) is 8.58. The Kier molecular flexibility index (Phi) is 4.49. The van der Waals surface area contributed by atoms with Gasteiger partial charge < -0.3 is 9.80 Å². The second-order valence-electron chi connectivity index (χ2n) is 4.54. The van der Waals surface area contributed by atoms with Gasteiger partial charge in [0.1, 0.15) is 5.38 Å². The molecule has 2 rings (SSSR count). The summed E-state index contributed by atoms with van der Waals surface area (Å²) in [5.41, 5.74) is 0.796. The van der Waals surface area contributed by atoms with Crippen molar-refractivity contribution in [3.05, 3.63) is 34.9 Å². The van der Waals surface area contributed by atoms with Gasteiger partial charge in [-0.3, -0.25) is 4.79 Å². The number of rotatable bonds is 2. The molecule has 0 aliphatic carbocycles. The van der Waals surface area contributed by atoms with E-state index in [9.17, 15) is 4.79 Å². The molecule has 0 saturated carbocycles. The van der Waals surface area contributed by atoms with Crippen LogP contribution in [0.4, 0.5) is 0 Å². The minimum Gasteiger partial charge on any atom is -0.339 e. The number of hydrogen-bond acceptors (Lipinski definition) is 2. The molecule has 1 fully saturated rings. The first-order valence-electron chi connectivity index (χ1n) is 5.95. The van der Waals surface area contributed by atoms with Crippen molar-refractivity contribution in [2.24, 2.45) is 0 Å². The monoisotopic (exact) mass is 286 g/mol. The van der Waals surface area contributed by atoms with Crippen molar-refractivity contribution in [3.63, 3.8) is 0 Å². The number of likely N-dealkylation sites (N-methyl/N-ethyl adjacent to an activating group) is 1. The lowest BCUT2D eigenvalue weighted by molar-refractivity contribution is -0.132. The summed E-state index contributed by atoms with van der Waals surface area (Å²) in [6.45, 7) is 3.28. The van der Waals surface area contributed by atoms with Gasteiger partial charge in [0.25, 0.3) is 0 Å². The Hall–Kier alpha value is -0.770. The van der Waals surface area contributed by atoms with Gasteiger partial charge in [0, 0.05) is 31.2 Å². The quantitative estimate of drug-likeness (QED) is 0.780. The lowest BCUT2D eigenvalue weighted by Gasteiger charge is -2.33. The Balaban J connectivity index is 2.02. The SMILES string of the molecule is CN1CCN(C(=O)C(Cl)c2ccc(Cl)cc2)CC1. The first kappa shape index (κ1) is 13.7. The number of carbonyl (C=O) groups is 1. The molecular formula is C13H16Cl2N2O. The Morgan fingerprint density at radius 1 is 1.17 bits per heavy atom. The number of alkyl halides is 1. The molecule has 1 unspecified atom stereocenters. The van der Waals surface area contributed by atoms with Crippen LogP contribution in [-0.2, 0) is 4.79 Å². The van der Waals surface area contributed by atoms with Crippen molar-refractivity contribution >= 4 is 29.1 Å². The summed E-state index contributed by atoms with van der Waals surface area (Å²) in [7, 11) is 2.05. The van der Waals surface area contributed by atoms with E-state index in [2.05, 4.69) is 11.9 Å². The molecule has 1 heterocycles. The van der Waals surface area contributed by atoms with Gasteiger partial charge in [-0.05, 0) is 24.7 Å². The largest absolute Gasteiger partial charge is 0.339 e. The van der Waals surface area contributed by atoms with Crippen molar-refractivity contribution < 1.29 is 4.79 Å². The first-order valence-corrected chi connectivity index (χ1v) is 6.76. The van der Waals surface area contributed by atoms with E-state index in [0.29, 0.717) is 5.02 Å². The molecule has 18 heavy (non-hydrogen) atoms. The van der Waals surface area contributed by atoms with Crippen LogP contribution in [-0.4, -0.2) is 48.9 Å². The predicted molar refractivity (Wildman–Crippen MR) is 74.1 cm³/mol. The van der Waals surface area contributed by atoms with Gasteiger partial charge in [0.05, 0.1) is 0 Å². The van der Waals surface area contributed by atoms with Crippen LogP contribution in [0, 0.1) is 0 Å². The molecule has 1 aliphatic heterocycles. The highest BCUT2D eigenvalue weighted by atomic mass is 35.5. The van der Waals surface area contributed by atoms with E-state index in [0.717, 1.165) is 31.7 Å². The maximum Gasteiger partial charge on any atom is 0.245 e. The predicted octanol–water partition coefficient (Wildman–Crippen LogP) is 2.39. The summed E-state index contributed by atoms with van der Waals surface area (Å²) in [6, 6.07) is 7.11. The summed E-state index contributed by atoms with van der Waals surface area (Å²) < 4.78 is 0. The van der Waals surface area contributed by atoms with Crippen molar-refractivity contribution in [3.8, 4) is 0 Å². The third kappa shape index (κ3) is 3.16. The fourth-order valence-electron chi connectivity index (χ4n) is 1.96. The third-order valence-corrected chi connectivity index (χ3v) is 3.89. The van der Waals surface area contributed by atoms with E-state index in [1.165, 1.54) is 0 Å². The molecule has 1 aromatic rings. The van der Waals surface area contributed by atoms with Crippen LogP contribution < -0.4 is 0 Å². The summed E-state index contributed by atoms with van der Waals surface area (Å²) in [5, 5.41) is 0.0281. The number of benzene rings is 1. The molecule has 0 aromatic heterocycles. The van der Waals surface area contributed by atoms with Crippen LogP contribution in [0.3, 0.4) is 0 Å². The maximum atomic E-state index is 12.2. The average molecular weight is 287 g/mol. The van der Waals surface area contributed by atoms with Gasteiger partial charge in [0.15, 0.2) is 0 Å². The Labute approximate surface area is 117 Å². The van der Waals surface area contributed by atoms with E-state index in [-0.39, 0.29) is 5.91 Å². The normalized spacial score (nSPS) is 18.7. The standard InChI is InChI=1S/C13H16Cl2N2O/c1-16-6-8-17(9-7-16)13(18)12(15)10-2-4-11(14)5-3-10/h2-5,12H,6-9H2,1H3. The van der Waals surface area contributed by atoms with E-state index >= 15 is 0 Å². The van der Waals surface area contributed by atoms with Crippen LogP contribution in [0.2, 0.25) is 5.02 Å². The number of piperazine rings is 1. The summed E-state index contributed by atoms with van der Waals surface area (Å²) >= 11 is 12.0. The molecule has 98 valence electrons. The smallest absolute Gasteiger partial charge is 0.245 e. The molecule has 3 nitrogen and oxygen atoms in total. The Bertz CT molecular complexity index is 414. The lowest BCUT2D eigenvalue weighted by atomic mass is 10.1. The second kappa shape index (κ2) is 5.91. The van der Waals surface area contributed by atoms with Crippen LogP contribution in [0.15, 0.2) is 24.3 Å². The van der Waals surface area contributed by atoms with Gasteiger partial charge in [-0.2, -0.15) is 0 Å². The van der Waals surface area contributed by atoms with Crippen LogP contribution >= 0.6 is 23.2 Å². The fraction of sp³-hybridized carbons (Fsp3) is 0.462. The Morgan fingerprint density at radius 3 is 2.28 bits per heavy atom. The number of hydrogen-bond donors (Lipinski definition) is 0. The van der Waals surface area contributed by atoms with Crippen molar-refractivity contribution in [2.75, 3.05) is 33.2 Å². The highest BCUT2D eigenvalue weighted by Gasteiger charge is 2.26. The zero-order valence-corrected chi connectivity index (χ0v) is 11.8. The molecule has 0 bridgehead atoms. The maximum absolute atomic E-state index is 12.2. The highest BCUT2D eigenvalue weighted by Crippen LogP contribution is 2.24. The average Bonchev–Trinajstić information content (AvgIpc) is 2.39. The molecule has 1 aromatic carbocycles. The Morgan fingerprint density at radius 2 is 1.72 bits per heavy atom. The molecule has 1 amide bonds. The highest BCUT2D eigenvalue weighted by molar-refractivity contribution is 6.31. The van der Waals surface area contributed by atoms with Gasteiger partial charge in [-0.15, -0.1) is 11.6 Å². The zero-order valence-electron chi connectivity index (χ0n) is 10.3. The number of halogens is 2. The van der Waals surface area contributed by atoms with E-state index in [1.54, 1.807) is 24.3 Å². The van der Waals surface area contributed by atoms with E-state index in [1.807, 2.05) is 4.90 Å². The topological polar surface area (TPSA) is 23.6 Å². The number of nitrogens with zero attached hydrogens (tertiary/aromatic N) is 2. The van der Waals surface area contributed by atoms with Crippen molar-refractivity contribution in [1.82, 2.24) is 9.80 Å². The van der Waals surface area contributed by atoms with Crippen LogP contribution in [0.5, 0.6) is 0 Å². The summed E-state index contributed by atoms with van der Waals surface area (Å²) in [5.74, 6) is -0.0212. The van der Waals surface area contributed by atoms with E-state index < -0.39 is 5.38 Å². The van der Waals surface area contributed by atoms with E-state index in [4.69, 9.17) is 23.2 Å². The van der Waals surface area contributed by atoms with Gasteiger partial charge in [-0.1, -0.05) is 23.7 Å². The second-order valence-corrected chi connectivity index (χ2v) is 5.42. The van der Waals surface area contributed by atoms with Crippen LogP contribution in [0.1, 0.15) is 10.9 Å². The third-order valence-electron chi connectivity index (χ3n) is 3.19. The van der Waals surface area contributed by atoms with Gasteiger partial charge >= 0.3 is 0 Å². The molecule has 1 aliphatic rings. The molecule has 0 radical (unpaired) electrons. The fourth-order valence-corrected chi connectivity index (χ4v) is 2.37. The van der Waals surface area contributed by atoms with Gasteiger partial charge in [-0.25, -0.2) is 0 Å². The molecule has 5 heteroatoms. The minimum atomic E-state index is -0.620. The zero-order chi connectivity index (χ0) is 13.1. The molecule has 0 N–H and O–H groups in total. The summed E-state index contributed by atoms with van der Waals surface area (Å²) in [6.07, 6.45) is 0. The molecule has 1 saturated heterocycles. The van der Waals surface area contributed by atoms with Crippen molar-refractivity contribution in [2.45, 2.75) is 5.38 Å². The number of carbonyl (C=O) groups excluding carboxylic acids is 1. The van der Waals surface area contributed by atoms with Gasteiger partial charge in [0.2, 0.25) is 5.91 Å². The number of amides is 1. The minimum absolute atomic E-state index is 0.0212. The van der Waals surface area contributed by atoms with Crippen LogP contribution in [0.25, 0.3) is 0 Å². The molecule has 0 spiro atoms. The van der Waals surface area contributed by atoms with Crippen molar-refractivity contribution in [1.29, 1.82) is 0 Å². The molecular weight excluding hydrogens is 271 g/mol.